The third-order valence-electron chi connectivity index (χ3n) is 1.98. The van der Waals surface area contributed by atoms with E-state index in [0.29, 0.717) is 5.82 Å². The van der Waals surface area contributed by atoms with Gasteiger partial charge in [0.05, 0.1) is 0 Å². The number of carbonyl (C=O) groups is 2. The van der Waals surface area contributed by atoms with Crippen molar-refractivity contribution in [2.45, 2.75) is 33.1 Å². The van der Waals surface area contributed by atoms with Crippen molar-refractivity contribution in [2.24, 2.45) is 0 Å². The molecule has 1 rings (SSSR count). The maximum Gasteiger partial charge on any atom is 0.226 e. The van der Waals surface area contributed by atoms with E-state index in [0.717, 1.165) is 12.1 Å². The zero-order valence-electron chi connectivity index (χ0n) is 8.96. The van der Waals surface area contributed by atoms with Crippen LogP contribution < -0.4 is 5.32 Å². The Bertz CT molecular complexity index is 357. The van der Waals surface area contributed by atoms with Crippen molar-refractivity contribution in [1.82, 2.24) is 10.2 Å². The van der Waals surface area contributed by atoms with Crippen LogP contribution in [0.15, 0.2) is 6.07 Å². The number of anilines is 1. The standard InChI is InChI=1S/C10H15N3O2/c1-3-8-6-9(13-12-8)11-10(15)5-4-7(2)14/h6H,3-5H2,1-2H3,(H2,11,12,13,15). The first-order chi connectivity index (χ1) is 7.11. The Morgan fingerprint density at radius 2 is 2.20 bits per heavy atom. The van der Waals surface area contributed by atoms with Crippen LogP contribution in [0.1, 0.15) is 32.4 Å². The molecule has 5 heteroatoms. The van der Waals surface area contributed by atoms with Gasteiger partial charge in [-0.25, -0.2) is 0 Å². The van der Waals surface area contributed by atoms with Crippen LogP contribution in [0.4, 0.5) is 5.82 Å². The van der Waals surface area contributed by atoms with E-state index >= 15 is 0 Å². The lowest BCUT2D eigenvalue weighted by atomic mass is 10.2. The molecule has 1 aromatic rings. The van der Waals surface area contributed by atoms with E-state index in [2.05, 4.69) is 15.5 Å². The Hall–Kier alpha value is -1.65. The molecule has 1 heterocycles. The second kappa shape index (κ2) is 5.29. The molecule has 0 saturated carbocycles. The highest BCUT2D eigenvalue weighted by molar-refractivity contribution is 5.92. The zero-order chi connectivity index (χ0) is 11.3. The van der Waals surface area contributed by atoms with Gasteiger partial charge in [0.2, 0.25) is 5.91 Å². The van der Waals surface area contributed by atoms with E-state index in [1.807, 2.05) is 6.92 Å². The fourth-order valence-electron chi connectivity index (χ4n) is 1.10. The van der Waals surface area contributed by atoms with Gasteiger partial charge in [-0.1, -0.05) is 6.92 Å². The fraction of sp³-hybridized carbons (Fsp3) is 0.500. The van der Waals surface area contributed by atoms with Crippen molar-refractivity contribution in [3.8, 4) is 0 Å². The molecule has 1 amide bonds. The van der Waals surface area contributed by atoms with Crippen LogP contribution in [0.5, 0.6) is 0 Å². The largest absolute Gasteiger partial charge is 0.309 e. The summed E-state index contributed by atoms with van der Waals surface area (Å²) < 4.78 is 0. The Balaban J connectivity index is 2.40. The number of aromatic amines is 1. The predicted molar refractivity (Wildman–Crippen MR) is 56.5 cm³/mol. The second-order valence-corrected chi connectivity index (χ2v) is 3.38. The topological polar surface area (TPSA) is 74.8 Å². The van der Waals surface area contributed by atoms with Gasteiger partial charge in [-0.2, -0.15) is 5.10 Å². The van der Waals surface area contributed by atoms with E-state index in [-0.39, 0.29) is 24.5 Å². The van der Waals surface area contributed by atoms with E-state index in [4.69, 9.17) is 0 Å². The highest BCUT2D eigenvalue weighted by Gasteiger charge is 2.06. The number of rotatable bonds is 5. The van der Waals surface area contributed by atoms with Crippen LogP contribution in [-0.4, -0.2) is 21.9 Å². The first-order valence-corrected chi connectivity index (χ1v) is 4.95. The molecule has 0 fully saturated rings. The molecular weight excluding hydrogens is 194 g/mol. The SMILES string of the molecule is CCc1cc(NC(=O)CCC(C)=O)n[nH]1. The summed E-state index contributed by atoms with van der Waals surface area (Å²) >= 11 is 0. The molecule has 0 aliphatic rings. The number of Topliss-reactive ketones (excluding diaryl/α,β-unsaturated/α-hetero) is 1. The number of amides is 1. The lowest BCUT2D eigenvalue weighted by Gasteiger charge is -1.98. The number of ketones is 1. The Morgan fingerprint density at radius 1 is 1.47 bits per heavy atom. The van der Waals surface area contributed by atoms with Gasteiger partial charge in [0.1, 0.15) is 5.78 Å². The molecule has 0 aliphatic heterocycles. The number of H-pyrrole nitrogens is 1. The average Bonchev–Trinajstić information content (AvgIpc) is 2.62. The van der Waals surface area contributed by atoms with Crippen LogP contribution in [0.3, 0.4) is 0 Å². The maximum atomic E-state index is 11.3. The molecule has 1 aromatic heterocycles. The normalized spacial score (nSPS) is 10.0. The van der Waals surface area contributed by atoms with Gasteiger partial charge < -0.3 is 10.1 Å². The summed E-state index contributed by atoms with van der Waals surface area (Å²) in [5, 5.41) is 9.32. The number of hydrogen-bond acceptors (Lipinski definition) is 3. The van der Waals surface area contributed by atoms with Crippen molar-refractivity contribution < 1.29 is 9.59 Å². The van der Waals surface area contributed by atoms with Crippen molar-refractivity contribution in [3.63, 3.8) is 0 Å². The van der Waals surface area contributed by atoms with Crippen molar-refractivity contribution in [2.75, 3.05) is 5.32 Å². The Labute approximate surface area is 88.3 Å². The highest BCUT2D eigenvalue weighted by atomic mass is 16.2. The molecule has 0 aromatic carbocycles. The minimum Gasteiger partial charge on any atom is -0.309 e. The van der Waals surface area contributed by atoms with Gasteiger partial charge in [-0.3, -0.25) is 9.89 Å². The van der Waals surface area contributed by atoms with Crippen molar-refractivity contribution in [1.29, 1.82) is 0 Å². The number of aryl methyl sites for hydroxylation is 1. The molecule has 0 atom stereocenters. The van der Waals surface area contributed by atoms with E-state index < -0.39 is 0 Å². The third-order valence-corrected chi connectivity index (χ3v) is 1.98. The molecule has 0 spiro atoms. The summed E-state index contributed by atoms with van der Waals surface area (Å²) in [5.41, 5.74) is 0.969. The summed E-state index contributed by atoms with van der Waals surface area (Å²) in [7, 11) is 0. The molecule has 0 saturated heterocycles. The summed E-state index contributed by atoms with van der Waals surface area (Å²) in [6.07, 6.45) is 1.33. The number of nitrogens with one attached hydrogen (secondary N) is 2. The minimum atomic E-state index is -0.181. The van der Waals surface area contributed by atoms with Gasteiger partial charge in [-0.15, -0.1) is 0 Å². The minimum absolute atomic E-state index is 0.0152. The molecular formula is C10H15N3O2. The summed E-state index contributed by atoms with van der Waals surface area (Å²) in [6.45, 7) is 3.46. The van der Waals surface area contributed by atoms with Gasteiger partial charge in [-0.05, 0) is 13.3 Å². The smallest absolute Gasteiger partial charge is 0.226 e. The lowest BCUT2D eigenvalue weighted by molar-refractivity contribution is -0.121. The molecule has 0 aliphatic carbocycles. The van der Waals surface area contributed by atoms with E-state index in [1.165, 1.54) is 6.92 Å². The van der Waals surface area contributed by atoms with E-state index in [1.54, 1.807) is 6.07 Å². The molecule has 82 valence electrons. The fourth-order valence-corrected chi connectivity index (χ4v) is 1.10. The predicted octanol–water partition coefficient (Wildman–Crippen LogP) is 1.28. The number of carbonyl (C=O) groups excluding carboxylic acids is 2. The zero-order valence-corrected chi connectivity index (χ0v) is 8.96. The van der Waals surface area contributed by atoms with Gasteiger partial charge in [0.15, 0.2) is 5.82 Å². The average molecular weight is 209 g/mol. The van der Waals surface area contributed by atoms with Crippen LogP contribution in [0.2, 0.25) is 0 Å². The number of hydrogen-bond donors (Lipinski definition) is 2. The lowest BCUT2D eigenvalue weighted by Crippen LogP contribution is -2.12. The quantitative estimate of drug-likeness (QED) is 0.767. The van der Waals surface area contributed by atoms with Crippen LogP contribution in [0.25, 0.3) is 0 Å². The number of nitrogens with zero attached hydrogens (tertiary/aromatic N) is 1. The van der Waals surface area contributed by atoms with Crippen molar-refractivity contribution >= 4 is 17.5 Å². The van der Waals surface area contributed by atoms with Gasteiger partial charge in [0, 0.05) is 24.6 Å². The second-order valence-electron chi connectivity index (χ2n) is 3.38. The van der Waals surface area contributed by atoms with Crippen LogP contribution >= 0.6 is 0 Å². The molecule has 0 radical (unpaired) electrons. The molecule has 5 nitrogen and oxygen atoms in total. The third kappa shape index (κ3) is 3.93. The highest BCUT2D eigenvalue weighted by Crippen LogP contribution is 2.06. The first-order valence-electron chi connectivity index (χ1n) is 4.95. The molecule has 15 heavy (non-hydrogen) atoms. The Morgan fingerprint density at radius 3 is 2.73 bits per heavy atom. The van der Waals surface area contributed by atoms with E-state index in [9.17, 15) is 9.59 Å². The number of aromatic nitrogens is 2. The van der Waals surface area contributed by atoms with Crippen molar-refractivity contribution in [3.05, 3.63) is 11.8 Å². The summed E-state index contributed by atoms with van der Waals surface area (Å²) in [6, 6.07) is 1.78. The summed E-state index contributed by atoms with van der Waals surface area (Å²) in [5.74, 6) is 0.348. The Kier molecular flexibility index (Phi) is 4.03. The molecule has 0 bridgehead atoms. The molecule has 2 N–H and O–H groups in total. The van der Waals surface area contributed by atoms with Gasteiger partial charge in [0.25, 0.3) is 0 Å². The molecule has 0 unspecified atom stereocenters. The maximum absolute atomic E-state index is 11.3. The van der Waals surface area contributed by atoms with Crippen LogP contribution in [0, 0.1) is 0 Å². The van der Waals surface area contributed by atoms with Crippen LogP contribution in [-0.2, 0) is 16.0 Å². The monoisotopic (exact) mass is 209 g/mol. The summed E-state index contributed by atoms with van der Waals surface area (Å²) in [4.78, 5) is 21.9. The first kappa shape index (κ1) is 11.4. The van der Waals surface area contributed by atoms with Gasteiger partial charge >= 0.3 is 0 Å².